The zero-order chi connectivity index (χ0) is 13.8. The van der Waals surface area contributed by atoms with Crippen molar-refractivity contribution in [2.24, 2.45) is 11.8 Å². The standard InChI is InChI=1S/C12H26N2O3S/c1-10(2)12(6-9-15)13-18(16,17)14-7-4-11(3)5-8-14/h10-13,15H,4-9H2,1-3H3. The molecule has 0 spiro atoms. The molecule has 1 rings (SSSR count). The lowest BCUT2D eigenvalue weighted by Gasteiger charge is -2.32. The van der Waals surface area contributed by atoms with E-state index in [-0.39, 0.29) is 18.6 Å². The maximum absolute atomic E-state index is 12.2. The molecular weight excluding hydrogens is 252 g/mol. The van der Waals surface area contributed by atoms with Gasteiger partial charge in [-0.1, -0.05) is 20.8 Å². The maximum atomic E-state index is 12.2. The third-order valence-corrected chi connectivity index (χ3v) is 5.27. The van der Waals surface area contributed by atoms with Gasteiger partial charge in [-0.15, -0.1) is 0 Å². The molecule has 108 valence electrons. The van der Waals surface area contributed by atoms with E-state index in [4.69, 9.17) is 5.11 Å². The van der Waals surface area contributed by atoms with Gasteiger partial charge in [0.15, 0.2) is 0 Å². The summed E-state index contributed by atoms with van der Waals surface area (Å²) in [4.78, 5) is 0. The number of hydrogen-bond acceptors (Lipinski definition) is 3. The number of aliphatic hydroxyl groups excluding tert-OH is 1. The van der Waals surface area contributed by atoms with Crippen molar-refractivity contribution in [1.82, 2.24) is 9.03 Å². The Morgan fingerprint density at radius 3 is 2.33 bits per heavy atom. The van der Waals surface area contributed by atoms with Crippen molar-refractivity contribution >= 4 is 10.2 Å². The van der Waals surface area contributed by atoms with Crippen LogP contribution in [0.15, 0.2) is 0 Å². The lowest BCUT2D eigenvalue weighted by atomic mass is 10.0. The van der Waals surface area contributed by atoms with Crippen molar-refractivity contribution in [1.29, 1.82) is 0 Å². The van der Waals surface area contributed by atoms with Crippen LogP contribution in [0.2, 0.25) is 0 Å². The number of aliphatic hydroxyl groups is 1. The van der Waals surface area contributed by atoms with Crippen LogP contribution in [0.4, 0.5) is 0 Å². The van der Waals surface area contributed by atoms with E-state index in [0.29, 0.717) is 25.4 Å². The van der Waals surface area contributed by atoms with Crippen LogP contribution in [0.25, 0.3) is 0 Å². The van der Waals surface area contributed by atoms with Gasteiger partial charge in [-0.25, -0.2) is 0 Å². The van der Waals surface area contributed by atoms with Crippen molar-refractivity contribution in [3.63, 3.8) is 0 Å². The second-order valence-electron chi connectivity index (χ2n) is 5.57. The van der Waals surface area contributed by atoms with Crippen LogP contribution in [0.5, 0.6) is 0 Å². The molecule has 0 bridgehead atoms. The summed E-state index contributed by atoms with van der Waals surface area (Å²) < 4.78 is 28.7. The fraction of sp³-hybridized carbons (Fsp3) is 1.00. The fourth-order valence-electron chi connectivity index (χ4n) is 2.16. The van der Waals surface area contributed by atoms with Crippen molar-refractivity contribution < 1.29 is 13.5 Å². The minimum absolute atomic E-state index is 0.00238. The Kier molecular flexibility index (Phi) is 6.04. The SMILES string of the molecule is CC1CCN(S(=O)(=O)NC(CCO)C(C)C)CC1. The van der Waals surface area contributed by atoms with Crippen LogP contribution >= 0.6 is 0 Å². The summed E-state index contributed by atoms with van der Waals surface area (Å²) in [6, 6.07) is -0.195. The third kappa shape index (κ3) is 4.50. The van der Waals surface area contributed by atoms with Gasteiger partial charge >= 0.3 is 0 Å². The van der Waals surface area contributed by atoms with Gasteiger partial charge in [-0.2, -0.15) is 17.4 Å². The summed E-state index contributed by atoms with van der Waals surface area (Å²) in [5.74, 6) is 0.783. The van der Waals surface area contributed by atoms with Gasteiger partial charge in [0.05, 0.1) is 0 Å². The van der Waals surface area contributed by atoms with Crippen LogP contribution in [-0.4, -0.2) is 43.6 Å². The Bertz CT molecular complexity index is 335. The first-order valence-electron chi connectivity index (χ1n) is 6.75. The largest absolute Gasteiger partial charge is 0.396 e. The van der Waals surface area contributed by atoms with Gasteiger partial charge in [0.25, 0.3) is 10.2 Å². The number of nitrogens with zero attached hydrogens (tertiary/aromatic N) is 1. The zero-order valence-electron chi connectivity index (χ0n) is 11.6. The van der Waals surface area contributed by atoms with E-state index in [9.17, 15) is 8.42 Å². The van der Waals surface area contributed by atoms with Gasteiger partial charge < -0.3 is 5.11 Å². The highest BCUT2D eigenvalue weighted by molar-refractivity contribution is 7.87. The third-order valence-electron chi connectivity index (χ3n) is 3.63. The number of rotatable bonds is 6. The van der Waals surface area contributed by atoms with Crippen LogP contribution in [0, 0.1) is 11.8 Å². The van der Waals surface area contributed by atoms with Gasteiger partial charge in [-0.3, -0.25) is 0 Å². The minimum Gasteiger partial charge on any atom is -0.396 e. The fourth-order valence-corrected chi connectivity index (χ4v) is 3.77. The molecule has 1 unspecified atom stereocenters. The average molecular weight is 278 g/mol. The number of hydrogen-bond donors (Lipinski definition) is 2. The highest BCUT2D eigenvalue weighted by atomic mass is 32.2. The average Bonchev–Trinajstić information content (AvgIpc) is 2.28. The molecule has 1 heterocycles. The van der Waals surface area contributed by atoms with E-state index in [2.05, 4.69) is 11.6 Å². The first-order chi connectivity index (χ1) is 8.36. The van der Waals surface area contributed by atoms with Crippen molar-refractivity contribution in [3.05, 3.63) is 0 Å². The molecule has 0 aromatic heterocycles. The minimum atomic E-state index is -3.40. The summed E-state index contributed by atoms with van der Waals surface area (Å²) in [5.41, 5.74) is 0. The molecule has 5 nitrogen and oxygen atoms in total. The van der Waals surface area contributed by atoms with E-state index in [0.717, 1.165) is 12.8 Å². The summed E-state index contributed by atoms with van der Waals surface area (Å²) >= 11 is 0. The Labute approximate surface area is 111 Å². The molecule has 0 aromatic rings. The molecule has 18 heavy (non-hydrogen) atoms. The van der Waals surface area contributed by atoms with Crippen LogP contribution in [-0.2, 0) is 10.2 Å². The van der Waals surface area contributed by atoms with Gasteiger partial charge in [-0.05, 0) is 31.1 Å². The summed E-state index contributed by atoms with van der Waals surface area (Å²) in [6.07, 6.45) is 2.31. The highest BCUT2D eigenvalue weighted by Crippen LogP contribution is 2.19. The molecule has 0 radical (unpaired) electrons. The second-order valence-corrected chi connectivity index (χ2v) is 7.27. The highest BCUT2D eigenvalue weighted by Gasteiger charge is 2.29. The van der Waals surface area contributed by atoms with Crippen LogP contribution < -0.4 is 4.72 Å². The van der Waals surface area contributed by atoms with Gasteiger partial charge in [0, 0.05) is 25.7 Å². The van der Waals surface area contributed by atoms with Crippen LogP contribution in [0.1, 0.15) is 40.0 Å². The van der Waals surface area contributed by atoms with Gasteiger partial charge in [0.2, 0.25) is 0 Å². The van der Waals surface area contributed by atoms with E-state index in [1.165, 1.54) is 4.31 Å². The predicted molar refractivity (Wildman–Crippen MR) is 72.4 cm³/mol. The monoisotopic (exact) mass is 278 g/mol. The second kappa shape index (κ2) is 6.84. The van der Waals surface area contributed by atoms with E-state index < -0.39 is 10.2 Å². The molecule has 0 saturated carbocycles. The lowest BCUT2D eigenvalue weighted by Crippen LogP contribution is -2.49. The zero-order valence-corrected chi connectivity index (χ0v) is 12.4. The predicted octanol–water partition coefficient (Wildman–Crippen LogP) is 0.960. The van der Waals surface area contributed by atoms with Crippen molar-refractivity contribution in [2.45, 2.75) is 46.1 Å². The summed E-state index contributed by atoms with van der Waals surface area (Å²) in [7, 11) is -3.40. The van der Waals surface area contributed by atoms with E-state index in [1.54, 1.807) is 0 Å². The van der Waals surface area contributed by atoms with Crippen molar-refractivity contribution in [2.75, 3.05) is 19.7 Å². The van der Waals surface area contributed by atoms with E-state index in [1.807, 2.05) is 13.8 Å². The molecule has 1 fully saturated rings. The first kappa shape index (κ1) is 15.9. The Morgan fingerprint density at radius 1 is 1.33 bits per heavy atom. The smallest absolute Gasteiger partial charge is 0.279 e. The molecule has 2 N–H and O–H groups in total. The molecular formula is C12H26N2O3S. The topological polar surface area (TPSA) is 69.6 Å². The molecule has 0 amide bonds. The Morgan fingerprint density at radius 2 is 1.89 bits per heavy atom. The molecule has 1 atom stereocenters. The van der Waals surface area contributed by atoms with Gasteiger partial charge in [0.1, 0.15) is 0 Å². The molecule has 1 aliphatic heterocycles. The number of piperidine rings is 1. The first-order valence-corrected chi connectivity index (χ1v) is 8.19. The van der Waals surface area contributed by atoms with Crippen molar-refractivity contribution in [3.8, 4) is 0 Å². The lowest BCUT2D eigenvalue weighted by molar-refractivity contribution is 0.249. The Balaban J connectivity index is 2.62. The quantitative estimate of drug-likeness (QED) is 0.760. The normalized spacial score (nSPS) is 21.4. The summed E-state index contributed by atoms with van der Waals surface area (Å²) in [5, 5.41) is 8.98. The molecule has 1 saturated heterocycles. The van der Waals surface area contributed by atoms with E-state index >= 15 is 0 Å². The van der Waals surface area contributed by atoms with Crippen LogP contribution in [0.3, 0.4) is 0 Å². The maximum Gasteiger partial charge on any atom is 0.279 e. The Hall–Kier alpha value is -0.170. The number of nitrogens with one attached hydrogen (secondary N) is 1. The molecule has 1 aliphatic rings. The summed E-state index contributed by atoms with van der Waals surface area (Å²) in [6.45, 7) is 7.27. The molecule has 0 aliphatic carbocycles. The molecule has 0 aromatic carbocycles. The molecule has 6 heteroatoms.